The Morgan fingerprint density at radius 2 is 2.00 bits per heavy atom. The summed E-state index contributed by atoms with van der Waals surface area (Å²) < 4.78 is 26.8. The van der Waals surface area contributed by atoms with E-state index < -0.39 is 17.6 Å². The minimum Gasteiger partial charge on any atom is -0.481 e. The lowest BCUT2D eigenvalue weighted by Crippen LogP contribution is -2.45. The van der Waals surface area contributed by atoms with Crippen molar-refractivity contribution >= 4 is 11.7 Å². The lowest BCUT2D eigenvalue weighted by Gasteiger charge is -2.34. The molecule has 1 aromatic rings. The van der Waals surface area contributed by atoms with E-state index in [-0.39, 0.29) is 12.0 Å². The first-order valence-corrected chi connectivity index (χ1v) is 8.53. The third kappa shape index (κ3) is 5.16. The number of benzene rings is 1. The number of rotatable bonds is 7. The summed E-state index contributed by atoms with van der Waals surface area (Å²) >= 11 is 0. The lowest BCUT2D eigenvalue weighted by molar-refractivity contribution is -0.142. The van der Waals surface area contributed by atoms with Crippen molar-refractivity contribution < 1.29 is 18.7 Å². The maximum atomic E-state index is 13.8. The molecule has 1 aliphatic heterocycles. The summed E-state index contributed by atoms with van der Waals surface area (Å²) in [5.41, 5.74) is 0.429. The molecule has 0 bridgehead atoms. The molecular formula is C18H26F2N2O2. The van der Waals surface area contributed by atoms with Crippen LogP contribution in [0.5, 0.6) is 0 Å². The zero-order valence-electron chi connectivity index (χ0n) is 14.3. The number of hydrogen-bond donors (Lipinski definition) is 2. The fraction of sp³-hybridized carbons (Fsp3) is 0.611. The van der Waals surface area contributed by atoms with Gasteiger partial charge in [-0.05, 0) is 37.3 Å². The number of piperidine rings is 1. The standard InChI is InChI=1S/C18H26F2N2O2/c1-12(2)9-13(18(23)24)11-21-15-5-7-22(8-6-15)17-4-3-14(19)10-16(17)20/h3-4,10,12-13,15,21H,5-9,11H2,1-2H3,(H,23,24). The predicted octanol–water partition coefficient (Wildman–Crippen LogP) is 3.27. The Hall–Kier alpha value is -1.69. The molecule has 6 heteroatoms. The van der Waals surface area contributed by atoms with Crippen molar-refractivity contribution in [1.29, 1.82) is 0 Å². The highest BCUT2D eigenvalue weighted by Gasteiger charge is 2.24. The molecule has 1 aromatic carbocycles. The predicted molar refractivity (Wildman–Crippen MR) is 90.2 cm³/mol. The van der Waals surface area contributed by atoms with Gasteiger partial charge >= 0.3 is 5.97 Å². The molecule has 1 heterocycles. The Morgan fingerprint density at radius 1 is 1.33 bits per heavy atom. The van der Waals surface area contributed by atoms with Gasteiger partial charge in [0.05, 0.1) is 11.6 Å². The Kier molecular flexibility index (Phi) is 6.54. The molecule has 1 atom stereocenters. The van der Waals surface area contributed by atoms with E-state index in [1.807, 2.05) is 18.7 Å². The van der Waals surface area contributed by atoms with E-state index in [1.54, 1.807) is 0 Å². The van der Waals surface area contributed by atoms with Crippen molar-refractivity contribution in [2.45, 2.75) is 39.2 Å². The first-order chi connectivity index (χ1) is 11.4. The van der Waals surface area contributed by atoms with Crippen LogP contribution in [-0.2, 0) is 4.79 Å². The minimum atomic E-state index is -0.762. The summed E-state index contributed by atoms with van der Waals surface area (Å²) in [5, 5.41) is 12.6. The summed E-state index contributed by atoms with van der Waals surface area (Å²) in [6, 6.07) is 3.88. The van der Waals surface area contributed by atoms with Crippen molar-refractivity contribution in [1.82, 2.24) is 5.32 Å². The molecule has 0 aromatic heterocycles. The van der Waals surface area contributed by atoms with E-state index in [9.17, 15) is 18.7 Å². The van der Waals surface area contributed by atoms with E-state index in [2.05, 4.69) is 5.32 Å². The van der Waals surface area contributed by atoms with Crippen LogP contribution < -0.4 is 10.2 Å². The summed E-state index contributed by atoms with van der Waals surface area (Å²) in [5.74, 6) is -1.90. The fourth-order valence-electron chi connectivity index (χ4n) is 3.21. The second-order valence-electron chi connectivity index (χ2n) is 6.93. The van der Waals surface area contributed by atoms with Crippen molar-refractivity contribution in [2.75, 3.05) is 24.5 Å². The largest absolute Gasteiger partial charge is 0.481 e. The molecule has 0 saturated carbocycles. The Bertz CT molecular complexity index is 558. The molecule has 1 unspecified atom stereocenters. The van der Waals surface area contributed by atoms with Crippen LogP contribution in [0.25, 0.3) is 0 Å². The molecule has 0 spiro atoms. The number of nitrogens with one attached hydrogen (secondary N) is 1. The number of nitrogens with zero attached hydrogens (tertiary/aromatic N) is 1. The van der Waals surface area contributed by atoms with Gasteiger partial charge in [0.2, 0.25) is 0 Å². The van der Waals surface area contributed by atoms with Gasteiger partial charge in [0, 0.05) is 31.7 Å². The fourth-order valence-corrected chi connectivity index (χ4v) is 3.21. The van der Waals surface area contributed by atoms with E-state index in [0.717, 1.165) is 18.9 Å². The number of carboxylic acid groups (broad SMARTS) is 1. The van der Waals surface area contributed by atoms with Gasteiger partial charge in [-0.15, -0.1) is 0 Å². The highest BCUT2D eigenvalue weighted by molar-refractivity contribution is 5.70. The molecule has 0 aliphatic carbocycles. The van der Waals surface area contributed by atoms with Crippen molar-refractivity contribution in [2.24, 2.45) is 11.8 Å². The van der Waals surface area contributed by atoms with Gasteiger partial charge in [0.25, 0.3) is 0 Å². The van der Waals surface area contributed by atoms with Gasteiger partial charge in [-0.3, -0.25) is 4.79 Å². The van der Waals surface area contributed by atoms with Crippen LogP contribution in [0.15, 0.2) is 18.2 Å². The Balaban J connectivity index is 1.83. The molecule has 0 amide bonds. The number of hydrogen-bond acceptors (Lipinski definition) is 3. The third-order valence-corrected chi connectivity index (χ3v) is 4.50. The number of carboxylic acids is 1. The maximum Gasteiger partial charge on any atom is 0.307 e. The topological polar surface area (TPSA) is 52.6 Å². The molecule has 2 N–H and O–H groups in total. The van der Waals surface area contributed by atoms with Gasteiger partial charge in [0.1, 0.15) is 11.6 Å². The monoisotopic (exact) mass is 340 g/mol. The van der Waals surface area contributed by atoms with Crippen molar-refractivity contribution in [3.8, 4) is 0 Å². The lowest BCUT2D eigenvalue weighted by atomic mass is 9.96. The van der Waals surface area contributed by atoms with Gasteiger partial charge in [0.15, 0.2) is 0 Å². The minimum absolute atomic E-state index is 0.235. The quantitative estimate of drug-likeness (QED) is 0.800. The van der Waals surface area contributed by atoms with E-state index in [0.29, 0.717) is 37.7 Å². The SMILES string of the molecule is CC(C)CC(CNC1CCN(c2ccc(F)cc2F)CC1)C(=O)O. The molecule has 134 valence electrons. The zero-order valence-corrected chi connectivity index (χ0v) is 14.3. The van der Waals surface area contributed by atoms with Crippen LogP contribution >= 0.6 is 0 Å². The number of anilines is 1. The number of aliphatic carboxylic acids is 1. The summed E-state index contributed by atoms with van der Waals surface area (Å²) in [4.78, 5) is 13.2. The Morgan fingerprint density at radius 3 is 2.54 bits per heavy atom. The van der Waals surface area contributed by atoms with Crippen LogP contribution in [-0.4, -0.2) is 36.8 Å². The molecule has 4 nitrogen and oxygen atoms in total. The normalized spacial score (nSPS) is 17.3. The smallest absolute Gasteiger partial charge is 0.307 e. The van der Waals surface area contributed by atoms with Gasteiger partial charge < -0.3 is 15.3 Å². The second-order valence-corrected chi connectivity index (χ2v) is 6.93. The van der Waals surface area contributed by atoms with E-state index >= 15 is 0 Å². The summed E-state index contributed by atoms with van der Waals surface area (Å²) in [6.45, 7) is 5.84. The molecule has 2 rings (SSSR count). The highest BCUT2D eigenvalue weighted by atomic mass is 19.1. The summed E-state index contributed by atoms with van der Waals surface area (Å²) in [6.07, 6.45) is 2.28. The van der Waals surface area contributed by atoms with Crippen LogP contribution in [0.4, 0.5) is 14.5 Å². The van der Waals surface area contributed by atoms with Crippen LogP contribution in [0.2, 0.25) is 0 Å². The number of carbonyl (C=O) groups is 1. The molecular weight excluding hydrogens is 314 g/mol. The van der Waals surface area contributed by atoms with Crippen LogP contribution in [0.3, 0.4) is 0 Å². The molecule has 1 fully saturated rings. The van der Waals surface area contributed by atoms with Crippen LogP contribution in [0, 0.1) is 23.5 Å². The molecule has 24 heavy (non-hydrogen) atoms. The van der Waals surface area contributed by atoms with E-state index in [4.69, 9.17) is 0 Å². The van der Waals surface area contributed by atoms with Gasteiger partial charge in [-0.1, -0.05) is 13.8 Å². The Labute approximate surface area is 141 Å². The summed E-state index contributed by atoms with van der Waals surface area (Å²) in [7, 11) is 0. The van der Waals surface area contributed by atoms with Gasteiger partial charge in [-0.2, -0.15) is 0 Å². The first-order valence-electron chi connectivity index (χ1n) is 8.53. The maximum absolute atomic E-state index is 13.8. The van der Waals surface area contributed by atoms with Crippen molar-refractivity contribution in [3.63, 3.8) is 0 Å². The second kappa shape index (κ2) is 8.42. The molecule has 0 radical (unpaired) electrons. The van der Waals surface area contributed by atoms with Crippen molar-refractivity contribution in [3.05, 3.63) is 29.8 Å². The van der Waals surface area contributed by atoms with Crippen LogP contribution in [0.1, 0.15) is 33.1 Å². The molecule has 1 aliphatic rings. The first kappa shape index (κ1) is 18.6. The average Bonchev–Trinajstić information content (AvgIpc) is 2.51. The van der Waals surface area contributed by atoms with E-state index in [1.165, 1.54) is 12.1 Å². The zero-order chi connectivity index (χ0) is 17.7. The molecule has 1 saturated heterocycles. The third-order valence-electron chi connectivity index (χ3n) is 4.50. The number of halogens is 2. The van der Waals surface area contributed by atoms with Gasteiger partial charge in [-0.25, -0.2) is 8.78 Å². The average molecular weight is 340 g/mol. The highest BCUT2D eigenvalue weighted by Crippen LogP contribution is 2.24.